The van der Waals surface area contributed by atoms with Crippen LogP contribution in [0.2, 0.25) is 0 Å². The number of aliphatic imine (C=N–C) groups is 1. The van der Waals surface area contributed by atoms with Gasteiger partial charge in [0.25, 0.3) is 0 Å². The number of aryl methyl sites for hydroxylation is 1. The number of benzene rings is 1. The summed E-state index contributed by atoms with van der Waals surface area (Å²) in [6.45, 7) is 7.07. The van der Waals surface area contributed by atoms with Crippen molar-refractivity contribution in [3.63, 3.8) is 0 Å². The minimum Gasteiger partial charge on any atom is -0.379 e. The van der Waals surface area contributed by atoms with Gasteiger partial charge >= 0.3 is 0 Å². The third-order valence-corrected chi connectivity index (χ3v) is 5.16. The lowest BCUT2D eigenvalue weighted by atomic mass is 9.83. The highest BCUT2D eigenvalue weighted by Crippen LogP contribution is 2.31. The van der Waals surface area contributed by atoms with Crippen molar-refractivity contribution >= 4 is 29.9 Å². The van der Waals surface area contributed by atoms with Gasteiger partial charge in [0.15, 0.2) is 5.96 Å². The maximum atomic E-state index is 5.81. The second-order valence-corrected chi connectivity index (χ2v) is 7.14. The van der Waals surface area contributed by atoms with E-state index in [0.717, 1.165) is 58.3 Å². The normalized spacial score (nSPS) is 22.0. The standard InChI is InChI=1S/C21H33N3O2.HI/c1-2-22-21(23-12-6-13-26-19-11-14-25-16-19)24-15-18-9-5-8-17-7-3-4-10-20(17)18;/h3-4,7,10,18-19H,2,5-6,8-9,11-16H2,1H3,(H2,22,23,24);1H. The molecular formula is C21H34IN3O2. The first-order chi connectivity index (χ1) is 12.9. The molecule has 0 amide bonds. The van der Waals surface area contributed by atoms with Gasteiger partial charge in [-0.25, -0.2) is 0 Å². The topological polar surface area (TPSA) is 54.9 Å². The van der Waals surface area contributed by atoms with Gasteiger partial charge in [0.1, 0.15) is 0 Å². The molecule has 2 aliphatic rings. The second-order valence-electron chi connectivity index (χ2n) is 7.14. The highest BCUT2D eigenvalue weighted by molar-refractivity contribution is 14.0. The van der Waals surface area contributed by atoms with Crippen molar-refractivity contribution < 1.29 is 9.47 Å². The second kappa shape index (κ2) is 12.6. The van der Waals surface area contributed by atoms with Crippen LogP contribution in [0.15, 0.2) is 29.3 Å². The van der Waals surface area contributed by atoms with Crippen molar-refractivity contribution in [3.05, 3.63) is 35.4 Å². The molecule has 5 nitrogen and oxygen atoms in total. The SMILES string of the molecule is CCNC(=NCC1CCCc2ccccc21)NCCCOC1CCOC1.I. The smallest absolute Gasteiger partial charge is 0.191 e. The van der Waals surface area contributed by atoms with Crippen LogP contribution in [0.1, 0.15) is 49.7 Å². The van der Waals surface area contributed by atoms with E-state index < -0.39 is 0 Å². The van der Waals surface area contributed by atoms with Gasteiger partial charge in [-0.15, -0.1) is 24.0 Å². The summed E-state index contributed by atoms with van der Waals surface area (Å²) in [5, 5.41) is 6.79. The van der Waals surface area contributed by atoms with Gasteiger partial charge in [-0.1, -0.05) is 24.3 Å². The minimum atomic E-state index is 0. The van der Waals surface area contributed by atoms with E-state index in [0.29, 0.717) is 12.0 Å². The Hall–Kier alpha value is -0.860. The Bertz CT molecular complexity index is 576. The molecule has 6 heteroatoms. The molecule has 1 aromatic rings. The molecule has 0 bridgehead atoms. The van der Waals surface area contributed by atoms with E-state index in [2.05, 4.69) is 41.8 Å². The zero-order valence-corrected chi connectivity index (χ0v) is 18.7. The van der Waals surface area contributed by atoms with Gasteiger partial charge in [0.05, 0.1) is 12.7 Å². The third kappa shape index (κ3) is 7.23. The van der Waals surface area contributed by atoms with Crippen LogP contribution in [0, 0.1) is 0 Å². The van der Waals surface area contributed by atoms with Crippen LogP contribution in [0.4, 0.5) is 0 Å². The van der Waals surface area contributed by atoms with Crippen molar-refractivity contribution in [2.45, 2.75) is 51.0 Å². The van der Waals surface area contributed by atoms with Gasteiger partial charge < -0.3 is 20.1 Å². The maximum absolute atomic E-state index is 5.81. The molecule has 1 aromatic carbocycles. The molecule has 1 fully saturated rings. The Morgan fingerprint density at radius 3 is 2.96 bits per heavy atom. The lowest BCUT2D eigenvalue weighted by molar-refractivity contribution is 0.0420. The van der Waals surface area contributed by atoms with Gasteiger partial charge in [-0.3, -0.25) is 4.99 Å². The molecule has 27 heavy (non-hydrogen) atoms. The van der Waals surface area contributed by atoms with E-state index in [1.54, 1.807) is 0 Å². The van der Waals surface area contributed by atoms with Gasteiger partial charge in [-0.2, -0.15) is 0 Å². The van der Waals surface area contributed by atoms with E-state index in [4.69, 9.17) is 14.5 Å². The summed E-state index contributed by atoms with van der Waals surface area (Å²) in [5.74, 6) is 1.46. The Balaban J connectivity index is 0.00000261. The fourth-order valence-corrected chi connectivity index (χ4v) is 3.76. The van der Waals surface area contributed by atoms with E-state index in [1.807, 2.05) is 0 Å². The molecule has 0 radical (unpaired) electrons. The number of rotatable bonds is 8. The van der Waals surface area contributed by atoms with E-state index >= 15 is 0 Å². The average Bonchev–Trinajstić information content (AvgIpc) is 3.19. The molecule has 3 rings (SSSR count). The first-order valence-corrected chi connectivity index (χ1v) is 10.2. The first kappa shape index (κ1) is 22.4. The van der Waals surface area contributed by atoms with Gasteiger partial charge in [0, 0.05) is 38.8 Å². The number of nitrogens with zero attached hydrogens (tertiary/aromatic N) is 1. The number of hydrogen-bond donors (Lipinski definition) is 2. The fraction of sp³-hybridized carbons (Fsp3) is 0.667. The van der Waals surface area contributed by atoms with Crippen LogP contribution in [-0.4, -0.2) is 51.5 Å². The molecule has 1 heterocycles. The number of ether oxygens (including phenoxy) is 2. The quantitative estimate of drug-likeness (QED) is 0.255. The number of halogens is 1. The van der Waals surface area contributed by atoms with Gasteiger partial charge in [-0.05, 0) is 50.2 Å². The predicted molar refractivity (Wildman–Crippen MR) is 121 cm³/mol. The van der Waals surface area contributed by atoms with Crippen LogP contribution >= 0.6 is 24.0 Å². The number of nitrogens with one attached hydrogen (secondary N) is 2. The molecule has 2 atom stereocenters. The molecule has 0 aromatic heterocycles. The Kier molecular flexibility index (Phi) is 10.4. The lowest BCUT2D eigenvalue weighted by Crippen LogP contribution is -2.38. The Morgan fingerprint density at radius 1 is 1.26 bits per heavy atom. The summed E-state index contributed by atoms with van der Waals surface area (Å²) >= 11 is 0. The molecular weight excluding hydrogens is 453 g/mol. The molecule has 1 aliphatic heterocycles. The molecule has 0 spiro atoms. The van der Waals surface area contributed by atoms with Crippen molar-refractivity contribution in [3.8, 4) is 0 Å². The summed E-state index contributed by atoms with van der Waals surface area (Å²) < 4.78 is 11.1. The van der Waals surface area contributed by atoms with Crippen LogP contribution in [0.5, 0.6) is 0 Å². The highest BCUT2D eigenvalue weighted by atomic mass is 127. The van der Waals surface area contributed by atoms with Crippen LogP contribution < -0.4 is 10.6 Å². The van der Waals surface area contributed by atoms with E-state index in [1.165, 1.54) is 30.4 Å². The van der Waals surface area contributed by atoms with E-state index in [-0.39, 0.29) is 24.0 Å². The first-order valence-electron chi connectivity index (χ1n) is 10.2. The minimum absolute atomic E-state index is 0. The van der Waals surface area contributed by atoms with Gasteiger partial charge in [0.2, 0.25) is 0 Å². The van der Waals surface area contributed by atoms with Crippen molar-refractivity contribution in [1.82, 2.24) is 10.6 Å². The number of guanidine groups is 1. The lowest BCUT2D eigenvalue weighted by Gasteiger charge is -2.24. The summed E-state index contributed by atoms with van der Waals surface area (Å²) in [6.07, 6.45) is 6.01. The van der Waals surface area contributed by atoms with Crippen LogP contribution in [0.25, 0.3) is 0 Å². The molecule has 2 N–H and O–H groups in total. The summed E-state index contributed by atoms with van der Waals surface area (Å²) in [5.41, 5.74) is 3.00. The van der Waals surface area contributed by atoms with Crippen molar-refractivity contribution in [1.29, 1.82) is 0 Å². The molecule has 1 saturated heterocycles. The fourth-order valence-electron chi connectivity index (χ4n) is 3.76. The summed E-state index contributed by atoms with van der Waals surface area (Å²) in [6, 6.07) is 8.85. The molecule has 1 aliphatic carbocycles. The zero-order valence-electron chi connectivity index (χ0n) is 16.4. The highest BCUT2D eigenvalue weighted by Gasteiger charge is 2.19. The predicted octanol–water partition coefficient (Wildman–Crippen LogP) is 3.48. The van der Waals surface area contributed by atoms with Crippen LogP contribution in [-0.2, 0) is 15.9 Å². The Morgan fingerprint density at radius 2 is 2.15 bits per heavy atom. The maximum Gasteiger partial charge on any atom is 0.191 e. The zero-order chi connectivity index (χ0) is 18.0. The average molecular weight is 487 g/mol. The van der Waals surface area contributed by atoms with Crippen molar-refractivity contribution in [2.24, 2.45) is 4.99 Å². The molecule has 152 valence electrons. The monoisotopic (exact) mass is 487 g/mol. The number of hydrogen-bond acceptors (Lipinski definition) is 3. The summed E-state index contributed by atoms with van der Waals surface area (Å²) in [4.78, 5) is 4.84. The summed E-state index contributed by atoms with van der Waals surface area (Å²) in [7, 11) is 0. The number of fused-ring (bicyclic) bond motifs is 1. The molecule has 0 saturated carbocycles. The van der Waals surface area contributed by atoms with Crippen LogP contribution in [0.3, 0.4) is 0 Å². The third-order valence-electron chi connectivity index (χ3n) is 5.16. The largest absolute Gasteiger partial charge is 0.379 e. The molecule has 2 unspecified atom stereocenters. The van der Waals surface area contributed by atoms with Crippen molar-refractivity contribution in [2.75, 3.05) is 39.5 Å². The Labute approximate surface area is 180 Å². The van der Waals surface area contributed by atoms with E-state index in [9.17, 15) is 0 Å².